The predicted molar refractivity (Wildman–Crippen MR) is 96.3 cm³/mol. The molecule has 1 fully saturated rings. The summed E-state index contributed by atoms with van der Waals surface area (Å²) in [5.41, 5.74) is 1.90. The monoisotopic (exact) mass is 335 g/mol. The standard InChI is InChI=1S/C19H21N5O/c1-22(13-15-14-23-11-6-10-20-19(23)21-15)17-9-5-12-24(18(17)25)16-7-3-2-4-8-16/h2-4,6-8,10-11,14,17H,5,9,12-13H2,1H3/t17-/m0/s1. The van der Waals surface area contributed by atoms with Crippen LogP contribution in [0.3, 0.4) is 0 Å². The Bertz CT molecular complexity index is 843. The molecule has 128 valence electrons. The summed E-state index contributed by atoms with van der Waals surface area (Å²) in [6.45, 7) is 1.41. The number of hydrogen-bond donors (Lipinski definition) is 0. The van der Waals surface area contributed by atoms with Gasteiger partial charge in [-0.25, -0.2) is 9.97 Å². The van der Waals surface area contributed by atoms with Crippen LogP contribution in [0.1, 0.15) is 18.5 Å². The molecule has 1 amide bonds. The number of carbonyl (C=O) groups is 1. The van der Waals surface area contributed by atoms with Crippen LogP contribution in [0.4, 0.5) is 5.69 Å². The number of benzene rings is 1. The highest BCUT2D eigenvalue weighted by atomic mass is 16.2. The van der Waals surface area contributed by atoms with Crippen molar-refractivity contribution < 1.29 is 4.79 Å². The lowest BCUT2D eigenvalue weighted by molar-refractivity contribution is -0.125. The molecule has 0 N–H and O–H groups in total. The molecule has 6 heteroatoms. The number of likely N-dealkylation sites (N-methyl/N-ethyl adjacent to an activating group) is 1. The number of aromatic nitrogens is 3. The van der Waals surface area contributed by atoms with Gasteiger partial charge in [0.1, 0.15) is 0 Å². The normalized spacial score (nSPS) is 18.2. The molecule has 4 rings (SSSR count). The Kier molecular flexibility index (Phi) is 4.19. The minimum Gasteiger partial charge on any atom is -0.311 e. The van der Waals surface area contributed by atoms with Crippen LogP contribution < -0.4 is 4.90 Å². The fourth-order valence-electron chi connectivity index (χ4n) is 3.45. The molecule has 0 radical (unpaired) electrons. The van der Waals surface area contributed by atoms with Gasteiger partial charge in [0, 0.05) is 37.4 Å². The van der Waals surface area contributed by atoms with E-state index in [2.05, 4.69) is 14.9 Å². The van der Waals surface area contributed by atoms with E-state index in [0.29, 0.717) is 12.3 Å². The summed E-state index contributed by atoms with van der Waals surface area (Å²) < 4.78 is 1.90. The van der Waals surface area contributed by atoms with E-state index in [9.17, 15) is 4.79 Å². The third-order valence-electron chi connectivity index (χ3n) is 4.71. The first-order valence-electron chi connectivity index (χ1n) is 8.57. The van der Waals surface area contributed by atoms with Gasteiger partial charge in [0.2, 0.25) is 11.7 Å². The number of rotatable bonds is 4. The summed E-state index contributed by atoms with van der Waals surface area (Å²) in [5, 5.41) is 0. The molecule has 3 heterocycles. The third kappa shape index (κ3) is 3.13. The first-order valence-corrected chi connectivity index (χ1v) is 8.57. The SMILES string of the molecule is CN(Cc1cn2cccnc2n1)[C@H]1CCCN(c2ccccc2)C1=O. The van der Waals surface area contributed by atoms with Gasteiger partial charge in [0.05, 0.1) is 11.7 Å². The lowest BCUT2D eigenvalue weighted by Gasteiger charge is -2.36. The molecule has 0 spiro atoms. The van der Waals surface area contributed by atoms with Crippen LogP contribution in [0.2, 0.25) is 0 Å². The molecule has 0 bridgehead atoms. The Morgan fingerprint density at radius 1 is 1.24 bits per heavy atom. The van der Waals surface area contributed by atoms with Crippen molar-refractivity contribution in [3.8, 4) is 0 Å². The van der Waals surface area contributed by atoms with Crippen LogP contribution in [-0.2, 0) is 11.3 Å². The molecule has 1 aromatic carbocycles. The number of nitrogens with zero attached hydrogens (tertiary/aromatic N) is 5. The van der Waals surface area contributed by atoms with Crippen LogP contribution in [0.15, 0.2) is 55.0 Å². The number of piperidine rings is 1. The lowest BCUT2D eigenvalue weighted by atomic mass is 10.0. The van der Waals surface area contributed by atoms with Gasteiger partial charge in [0.15, 0.2) is 0 Å². The Balaban J connectivity index is 1.51. The first kappa shape index (κ1) is 15.8. The topological polar surface area (TPSA) is 53.7 Å². The maximum Gasteiger partial charge on any atom is 0.244 e. The molecule has 1 aliphatic heterocycles. The number of carbonyl (C=O) groups excluding carboxylic acids is 1. The van der Waals surface area contributed by atoms with E-state index in [-0.39, 0.29) is 11.9 Å². The van der Waals surface area contributed by atoms with E-state index in [4.69, 9.17) is 0 Å². The lowest BCUT2D eigenvalue weighted by Crippen LogP contribution is -2.51. The maximum absolute atomic E-state index is 13.0. The number of fused-ring (bicyclic) bond motifs is 1. The Morgan fingerprint density at radius 2 is 2.08 bits per heavy atom. The molecule has 0 aliphatic carbocycles. The maximum atomic E-state index is 13.0. The number of anilines is 1. The largest absolute Gasteiger partial charge is 0.311 e. The van der Waals surface area contributed by atoms with Crippen molar-refractivity contribution >= 4 is 17.4 Å². The summed E-state index contributed by atoms with van der Waals surface area (Å²) in [6.07, 6.45) is 7.52. The van der Waals surface area contributed by atoms with Crippen molar-refractivity contribution in [1.82, 2.24) is 19.3 Å². The summed E-state index contributed by atoms with van der Waals surface area (Å²) in [4.78, 5) is 25.8. The van der Waals surface area contributed by atoms with E-state index >= 15 is 0 Å². The molecule has 1 aliphatic rings. The first-order chi connectivity index (χ1) is 12.2. The number of para-hydroxylation sites is 1. The second-order valence-corrected chi connectivity index (χ2v) is 6.46. The molecule has 25 heavy (non-hydrogen) atoms. The molecule has 3 aromatic rings. The smallest absolute Gasteiger partial charge is 0.244 e. The van der Waals surface area contributed by atoms with Gasteiger partial charge in [-0.3, -0.25) is 14.1 Å². The molecule has 0 saturated carbocycles. The average molecular weight is 335 g/mol. The van der Waals surface area contributed by atoms with E-state index < -0.39 is 0 Å². The average Bonchev–Trinajstić information content (AvgIpc) is 3.04. The molecule has 0 unspecified atom stereocenters. The van der Waals surface area contributed by atoms with E-state index in [1.807, 2.05) is 65.1 Å². The van der Waals surface area contributed by atoms with Gasteiger partial charge in [-0.05, 0) is 38.1 Å². The highest BCUT2D eigenvalue weighted by molar-refractivity contribution is 5.97. The van der Waals surface area contributed by atoms with Crippen molar-refractivity contribution in [1.29, 1.82) is 0 Å². The molecule has 1 atom stereocenters. The molecular formula is C19H21N5O. The van der Waals surface area contributed by atoms with Gasteiger partial charge in [-0.15, -0.1) is 0 Å². The van der Waals surface area contributed by atoms with Crippen LogP contribution in [-0.4, -0.2) is 44.8 Å². The minimum absolute atomic E-state index is 0.119. The van der Waals surface area contributed by atoms with Crippen molar-refractivity contribution in [2.75, 3.05) is 18.5 Å². The highest BCUT2D eigenvalue weighted by Gasteiger charge is 2.32. The van der Waals surface area contributed by atoms with Crippen molar-refractivity contribution in [2.45, 2.75) is 25.4 Å². The molecule has 6 nitrogen and oxygen atoms in total. The minimum atomic E-state index is -0.119. The molecule has 2 aromatic heterocycles. The molecule has 1 saturated heterocycles. The highest BCUT2D eigenvalue weighted by Crippen LogP contribution is 2.23. The van der Waals surface area contributed by atoms with E-state index in [1.165, 1.54) is 0 Å². The van der Waals surface area contributed by atoms with Gasteiger partial charge in [-0.1, -0.05) is 18.2 Å². The Morgan fingerprint density at radius 3 is 2.88 bits per heavy atom. The van der Waals surface area contributed by atoms with Crippen molar-refractivity contribution in [2.24, 2.45) is 0 Å². The van der Waals surface area contributed by atoms with E-state index in [0.717, 1.165) is 30.8 Å². The summed E-state index contributed by atoms with van der Waals surface area (Å²) in [5.74, 6) is 0.855. The summed E-state index contributed by atoms with van der Waals surface area (Å²) >= 11 is 0. The summed E-state index contributed by atoms with van der Waals surface area (Å²) in [6, 6.07) is 11.7. The van der Waals surface area contributed by atoms with Crippen molar-refractivity contribution in [3.63, 3.8) is 0 Å². The van der Waals surface area contributed by atoms with Crippen LogP contribution in [0.5, 0.6) is 0 Å². The number of hydrogen-bond acceptors (Lipinski definition) is 4. The van der Waals surface area contributed by atoms with Gasteiger partial charge in [0.25, 0.3) is 0 Å². The van der Waals surface area contributed by atoms with E-state index in [1.54, 1.807) is 6.20 Å². The second kappa shape index (κ2) is 6.64. The predicted octanol–water partition coefficient (Wildman–Crippen LogP) is 2.36. The zero-order chi connectivity index (χ0) is 17.2. The Labute approximate surface area is 146 Å². The summed E-state index contributed by atoms with van der Waals surface area (Å²) in [7, 11) is 1.99. The van der Waals surface area contributed by atoms with Gasteiger partial charge >= 0.3 is 0 Å². The number of amides is 1. The zero-order valence-electron chi connectivity index (χ0n) is 14.2. The van der Waals surface area contributed by atoms with Crippen molar-refractivity contribution in [3.05, 3.63) is 60.7 Å². The zero-order valence-corrected chi connectivity index (χ0v) is 14.2. The van der Waals surface area contributed by atoms with Gasteiger partial charge < -0.3 is 4.90 Å². The second-order valence-electron chi connectivity index (χ2n) is 6.46. The van der Waals surface area contributed by atoms with Crippen LogP contribution in [0, 0.1) is 0 Å². The fraction of sp³-hybridized carbons (Fsp3) is 0.316. The molecular weight excluding hydrogens is 314 g/mol. The van der Waals surface area contributed by atoms with Gasteiger partial charge in [-0.2, -0.15) is 0 Å². The van der Waals surface area contributed by atoms with Crippen LogP contribution >= 0.6 is 0 Å². The third-order valence-corrected chi connectivity index (χ3v) is 4.71. The van der Waals surface area contributed by atoms with Crippen LogP contribution in [0.25, 0.3) is 5.78 Å². The number of imidazole rings is 1. The fourth-order valence-corrected chi connectivity index (χ4v) is 3.45. The quantitative estimate of drug-likeness (QED) is 0.734. The Hall–Kier alpha value is -2.73.